The lowest BCUT2D eigenvalue weighted by atomic mass is 9.95. The number of nitrogens with one attached hydrogen (secondary N) is 1. The van der Waals surface area contributed by atoms with E-state index in [1.165, 1.54) is 0 Å². The molecule has 0 saturated carbocycles. The molecular weight excluding hydrogens is 314 g/mol. The maximum Gasteiger partial charge on any atom is 0.227 e. The zero-order chi connectivity index (χ0) is 17.4. The highest BCUT2D eigenvalue weighted by molar-refractivity contribution is 5.92. The Morgan fingerprint density at radius 2 is 2.00 bits per heavy atom. The lowest BCUT2D eigenvalue weighted by molar-refractivity contribution is -0.120. The van der Waals surface area contributed by atoms with Gasteiger partial charge in [0.1, 0.15) is 0 Å². The standard InChI is InChI=1S/C19H21N5O/c1-13-14(2)23(12-20-13)17-5-3-16(4-6-17)22-19(25)15-8-10-24-18(11-15)7-9-21-24/h3-7,9,12,15H,8,10-11H2,1-2H3,(H,22,25). The molecule has 0 spiro atoms. The summed E-state index contributed by atoms with van der Waals surface area (Å²) in [7, 11) is 0. The summed E-state index contributed by atoms with van der Waals surface area (Å²) in [5.41, 5.74) is 5.14. The van der Waals surface area contributed by atoms with Crippen molar-refractivity contribution in [3.63, 3.8) is 0 Å². The van der Waals surface area contributed by atoms with Crippen molar-refractivity contribution in [2.75, 3.05) is 5.32 Å². The molecule has 6 nitrogen and oxygen atoms in total. The van der Waals surface area contributed by atoms with Gasteiger partial charge in [-0.05, 0) is 50.6 Å². The number of fused-ring (bicyclic) bond motifs is 1. The van der Waals surface area contributed by atoms with E-state index in [-0.39, 0.29) is 11.8 Å². The van der Waals surface area contributed by atoms with E-state index in [9.17, 15) is 4.79 Å². The summed E-state index contributed by atoms with van der Waals surface area (Å²) in [6, 6.07) is 9.87. The molecule has 1 N–H and O–H groups in total. The van der Waals surface area contributed by atoms with Crippen molar-refractivity contribution in [2.45, 2.75) is 33.2 Å². The molecule has 1 aliphatic heterocycles. The van der Waals surface area contributed by atoms with Crippen molar-refractivity contribution in [2.24, 2.45) is 5.92 Å². The Hall–Kier alpha value is -2.89. The molecule has 128 valence electrons. The number of hydrogen-bond acceptors (Lipinski definition) is 3. The predicted molar refractivity (Wildman–Crippen MR) is 95.7 cm³/mol. The Bertz CT molecular complexity index is 906. The summed E-state index contributed by atoms with van der Waals surface area (Å²) < 4.78 is 4.03. The second-order valence-corrected chi connectivity index (χ2v) is 6.56. The maximum atomic E-state index is 12.6. The van der Waals surface area contributed by atoms with Gasteiger partial charge >= 0.3 is 0 Å². The van der Waals surface area contributed by atoms with Gasteiger partial charge in [-0.15, -0.1) is 0 Å². The van der Waals surface area contributed by atoms with Crippen molar-refractivity contribution in [1.29, 1.82) is 0 Å². The molecule has 1 unspecified atom stereocenters. The zero-order valence-electron chi connectivity index (χ0n) is 14.4. The van der Waals surface area contributed by atoms with Crippen LogP contribution in [-0.2, 0) is 17.8 Å². The molecule has 1 aliphatic rings. The third-order valence-corrected chi connectivity index (χ3v) is 4.99. The van der Waals surface area contributed by atoms with Gasteiger partial charge in [-0.1, -0.05) is 0 Å². The van der Waals surface area contributed by atoms with E-state index in [0.717, 1.165) is 47.8 Å². The van der Waals surface area contributed by atoms with Crippen molar-refractivity contribution in [1.82, 2.24) is 19.3 Å². The largest absolute Gasteiger partial charge is 0.326 e. The first-order chi connectivity index (χ1) is 12.1. The minimum Gasteiger partial charge on any atom is -0.326 e. The van der Waals surface area contributed by atoms with Gasteiger partial charge in [0.25, 0.3) is 0 Å². The minimum atomic E-state index is 0.00224. The highest BCUT2D eigenvalue weighted by Crippen LogP contribution is 2.22. The molecule has 1 amide bonds. The number of aryl methyl sites for hydroxylation is 2. The zero-order valence-corrected chi connectivity index (χ0v) is 14.4. The number of benzene rings is 1. The number of nitrogens with zero attached hydrogens (tertiary/aromatic N) is 4. The highest BCUT2D eigenvalue weighted by Gasteiger charge is 2.25. The summed E-state index contributed by atoms with van der Waals surface area (Å²) in [5, 5.41) is 7.30. The normalized spacial score (nSPS) is 16.5. The molecule has 1 atom stereocenters. The van der Waals surface area contributed by atoms with E-state index < -0.39 is 0 Å². The maximum absolute atomic E-state index is 12.6. The van der Waals surface area contributed by atoms with Gasteiger partial charge in [-0.2, -0.15) is 5.10 Å². The van der Waals surface area contributed by atoms with Crippen molar-refractivity contribution in [3.05, 3.63) is 59.9 Å². The first-order valence-corrected chi connectivity index (χ1v) is 8.54. The van der Waals surface area contributed by atoms with E-state index in [1.54, 1.807) is 6.20 Å². The van der Waals surface area contributed by atoms with Crippen molar-refractivity contribution in [3.8, 4) is 5.69 Å². The van der Waals surface area contributed by atoms with Gasteiger partial charge < -0.3 is 9.88 Å². The Kier molecular flexibility index (Phi) is 3.87. The Morgan fingerprint density at radius 1 is 1.20 bits per heavy atom. The molecule has 0 aliphatic carbocycles. The van der Waals surface area contributed by atoms with Crippen molar-refractivity contribution < 1.29 is 4.79 Å². The number of carbonyl (C=O) groups excluding carboxylic acids is 1. The monoisotopic (exact) mass is 335 g/mol. The number of hydrogen-bond donors (Lipinski definition) is 1. The van der Waals surface area contributed by atoms with E-state index >= 15 is 0 Å². The van der Waals surface area contributed by atoms with Gasteiger partial charge in [0.15, 0.2) is 0 Å². The van der Waals surface area contributed by atoms with Crippen LogP contribution in [0.2, 0.25) is 0 Å². The lowest BCUT2D eigenvalue weighted by Gasteiger charge is -2.22. The molecule has 0 bridgehead atoms. The summed E-state index contributed by atoms with van der Waals surface area (Å²) in [6.07, 6.45) is 5.20. The van der Waals surface area contributed by atoms with Gasteiger partial charge in [0, 0.05) is 47.8 Å². The van der Waals surface area contributed by atoms with Gasteiger partial charge in [-0.3, -0.25) is 9.48 Å². The molecule has 0 radical (unpaired) electrons. The second kappa shape index (κ2) is 6.20. The number of rotatable bonds is 3. The number of anilines is 1. The topological polar surface area (TPSA) is 64.7 Å². The van der Waals surface area contributed by atoms with E-state index in [0.29, 0.717) is 0 Å². The SMILES string of the molecule is Cc1ncn(-c2ccc(NC(=O)C3CCn4nccc4C3)cc2)c1C. The molecule has 0 saturated heterocycles. The number of amides is 1. The van der Waals surface area contributed by atoms with Crippen LogP contribution in [0.4, 0.5) is 5.69 Å². The first kappa shape index (κ1) is 15.6. The average Bonchev–Trinajstić information content (AvgIpc) is 3.22. The molecule has 1 aromatic carbocycles. The second-order valence-electron chi connectivity index (χ2n) is 6.56. The number of imidazole rings is 1. The molecule has 6 heteroatoms. The summed E-state index contributed by atoms with van der Waals surface area (Å²) in [4.78, 5) is 16.9. The molecule has 2 aromatic heterocycles. The van der Waals surface area contributed by atoms with Gasteiger partial charge in [0.05, 0.1) is 12.0 Å². The third-order valence-electron chi connectivity index (χ3n) is 4.99. The fourth-order valence-corrected chi connectivity index (χ4v) is 3.30. The smallest absolute Gasteiger partial charge is 0.227 e. The summed E-state index contributed by atoms with van der Waals surface area (Å²) >= 11 is 0. The molecule has 25 heavy (non-hydrogen) atoms. The van der Waals surface area contributed by atoms with Crippen LogP contribution in [0.25, 0.3) is 5.69 Å². The molecule has 3 heterocycles. The van der Waals surface area contributed by atoms with Gasteiger partial charge in [0.2, 0.25) is 5.91 Å². The van der Waals surface area contributed by atoms with Crippen LogP contribution in [0.1, 0.15) is 23.5 Å². The molecule has 4 rings (SSSR count). The van der Waals surface area contributed by atoms with Crippen LogP contribution in [0.5, 0.6) is 0 Å². The molecular formula is C19H21N5O. The molecule has 0 fully saturated rings. The quantitative estimate of drug-likeness (QED) is 0.800. The molecule has 3 aromatic rings. The van der Waals surface area contributed by atoms with E-state index in [1.807, 2.05) is 59.8 Å². The minimum absolute atomic E-state index is 0.00224. The summed E-state index contributed by atoms with van der Waals surface area (Å²) in [6.45, 7) is 4.85. The summed E-state index contributed by atoms with van der Waals surface area (Å²) in [5.74, 6) is 0.0808. The van der Waals surface area contributed by atoms with Crippen LogP contribution in [-0.4, -0.2) is 25.2 Å². The van der Waals surface area contributed by atoms with Crippen LogP contribution < -0.4 is 5.32 Å². The Labute approximate surface area is 146 Å². The fourth-order valence-electron chi connectivity index (χ4n) is 3.30. The van der Waals surface area contributed by atoms with Crippen LogP contribution in [0.15, 0.2) is 42.9 Å². The first-order valence-electron chi connectivity index (χ1n) is 8.54. The van der Waals surface area contributed by atoms with E-state index in [2.05, 4.69) is 15.4 Å². The number of carbonyl (C=O) groups is 1. The van der Waals surface area contributed by atoms with Crippen LogP contribution >= 0.6 is 0 Å². The predicted octanol–water partition coefficient (Wildman–Crippen LogP) is 2.89. The fraction of sp³-hybridized carbons (Fsp3) is 0.316. The Morgan fingerprint density at radius 3 is 2.72 bits per heavy atom. The van der Waals surface area contributed by atoms with Crippen LogP contribution in [0, 0.1) is 19.8 Å². The van der Waals surface area contributed by atoms with Gasteiger partial charge in [-0.25, -0.2) is 4.98 Å². The number of aromatic nitrogens is 4. The third kappa shape index (κ3) is 2.95. The Balaban J connectivity index is 1.45. The van der Waals surface area contributed by atoms with Crippen LogP contribution in [0.3, 0.4) is 0 Å². The average molecular weight is 335 g/mol. The van der Waals surface area contributed by atoms with Crippen molar-refractivity contribution >= 4 is 11.6 Å². The van der Waals surface area contributed by atoms with E-state index in [4.69, 9.17) is 0 Å². The highest BCUT2D eigenvalue weighted by atomic mass is 16.1. The lowest BCUT2D eigenvalue weighted by Crippen LogP contribution is -2.30.